The molecule has 2 aromatic heterocycles. The van der Waals surface area contributed by atoms with Gasteiger partial charge in [-0.05, 0) is 41.1 Å². The molecular weight excluding hydrogens is 383 g/mol. The fourth-order valence-corrected chi connectivity index (χ4v) is 4.43. The number of nitrogens with one attached hydrogen (secondary N) is 2. The second-order valence-corrected chi connectivity index (χ2v) is 7.79. The molecule has 7 heteroatoms. The fraction of sp³-hybridized carbons (Fsp3) is 0.174. The van der Waals surface area contributed by atoms with E-state index in [9.17, 15) is 14.0 Å². The molecule has 0 aliphatic carbocycles. The van der Waals surface area contributed by atoms with Gasteiger partial charge < -0.3 is 4.98 Å². The van der Waals surface area contributed by atoms with Crippen molar-refractivity contribution in [3.8, 4) is 11.3 Å². The SMILES string of the molecule is CC(C)C1(c2ccc(-c3ccc4cccc(F)c4c3)[nH]c2=O)C(=O)Nc2nccn21. The summed E-state index contributed by atoms with van der Waals surface area (Å²) in [5.41, 5.74) is 0.0214. The van der Waals surface area contributed by atoms with Gasteiger partial charge in [-0.15, -0.1) is 0 Å². The number of imidazole rings is 1. The number of aromatic amines is 1. The van der Waals surface area contributed by atoms with Crippen LogP contribution < -0.4 is 10.9 Å². The van der Waals surface area contributed by atoms with Gasteiger partial charge in [-0.25, -0.2) is 9.37 Å². The number of benzene rings is 2. The lowest BCUT2D eigenvalue weighted by molar-refractivity contribution is -0.123. The van der Waals surface area contributed by atoms with Crippen LogP contribution in [-0.2, 0) is 10.3 Å². The lowest BCUT2D eigenvalue weighted by atomic mass is 9.79. The van der Waals surface area contributed by atoms with Crippen LogP contribution in [-0.4, -0.2) is 20.4 Å². The zero-order chi connectivity index (χ0) is 21.0. The summed E-state index contributed by atoms with van der Waals surface area (Å²) in [6.45, 7) is 3.79. The van der Waals surface area contributed by atoms with Crippen LogP contribution in [0, 0.1) is 11.7 Å². The van der Waals surface area contributed by atoms with Crippen molar-refractivity contribution in [3.05, 3.63) is 82.7 Å². The first-order chi connectivity index (χ1) is 14.4. The van der Waals surface area contributed by atoms with Crippen molar-refractivity contribution < 1.29 is 9.18 Å². The van der Waals surface area contributed by atoms with Gasteiger partial charge in [0.05, 0.1) is 5.56 Å². The van der Waals surface area contributed by atoms with Crippen LogP contribution in [0.4, 0.5) is 10.3 Å². The summed E-state index contributed by atoms with van der Waals surface area (Å²) in [5, 5.41) is 4.03. The van der Waals surface area contributed by atoms with E-state index in [1.54, 1.807) is 41.2 Å². The van der Waals surface area contributed by atoms with E-state index in [4.69, 9.17) is 0 Å². The summed E-state index contributed by atoms with van der Waals surface area (Å²) in [6, 6.07) is 13.7. The van der Waals surface area contributed by atoms with Gasteiger partial charge in [-0.2, -0.15) is 0 Å². The third kappa shape index (κ3) is 2.38. The minimum absolute atomic E-state index is 0.199. The summed E-state index contributed by atoms with van der Waals surface area (Å²) in [5.74, 6) is -0.384. The molecule has 150 valence electrons. The summed E-state index contributed by atoms with van der Waals surface area (Å²) in [7, 11) is 0. The average Bonchev–Trinajstić information content (AvgIpc) is 3.28. The molecule has 1 atom stereocenters. The Balaban J connectivity index is 1.67. The van der Waals surface area contributed by atoms with Crippen molar-refractivity contribution >= 4 is 22.6 Å². The van der Waals surface area contributed by atoms with Gasteiger partial charge in [-0.3, -0.25) is 19.5 Å². The van der Waals surface area contributed by atoms with Crippen LogP contribution >= 0.6 is 0 Å². The zero-order valence-corrected chi connectivity index (χ0v) is 16.4. The van der Waals surface area contributed by atoms with Gasteiger partial charge in [0.25, 0.3) is 11.5 Å². The van der Waals surface area contributed by atoms with Gasteiger partial charge >= 0.3 is 0 Å². The van der Waals surface area contributed by atoms with E-state index in [0.29, 0.717) is 28.2 Å². The van der Waals surface area contributed by atoms with Crippen LogP contribution in [0.3, 0.4) is 0 Å². The monoisotopic (exact) mass is 402 g/mol. The molecule has 0 bridgehead atoms. The molecule has 1 amide bonds. The lowest BCUT2D eigenvalue weighted by Crippen LogP contribution is -2.48. The highest BCUT2D eigenvalue weighted by Crippen LogP contribution is 2.40. The van der Waals surface area contributed by atoms with Gasteiger partial charge in [-0.1, -0.05) is 38.1 Å². The molecule has 5 rings (SSSR count). The number of hydrogen-bond donors (Lipinski definition) is 2. The Bertz CT molecular complexity index is 1370. The Morgan fingerprint density at radius 1 is 1.10 bits per heavy atom. The Morgan fingerprint density at radius 3 is 2.70 bits per heavy atom. The second kappa shape index (κ2) is 6.38. The van der Waals surface area contributed by atoms with E-state index < -0.39 is 5.54 Å². The lowest BCUT2D eigenvalue weighted by Gasteiger charge is -2.32. The Labute approximate surface area is 171 Å². The molecule has 6 nitrogen and oxygen atoms in total. The fourth-order valence-electron chi connectivity index (χ4n) is 4.43. The number of amides is 1. The number of H-pyrrole nitrogens is 1. The molecule has 0 fully saturated rings. The highest BCUT2D eigenvalue weighted by atomic mass is 19.1. The molecular formula is C23H19FN4O2. The van der Waals surface area contributed by atoms with Crippen molar-refractivity contribution in [3.63, 3.8) is 0 Å². The maximum absolute atomic E-state index is 14.2. The number of hydrogen-bond acceptors (Lipinski definition) is 3. The van der Waals surface area contributed by atoms with Crippen molar-refractivity contribution in [2.75, 3.05) is 5.32 Å². The van der Waals surface area contributed by atoms with E-state index in [0.717, 1.165) is 5.39 Å². The molecule has 1 aliphatic heterocycles. The highest BCUT2D eigenvalue weighted by molar-refractivity contribution is 6.02. The number of aromatic nitrogens is 3. The zero-order valence-electron chi connectivity index (χ0n) is 16.4. The molecule has 3 heterocycles. The average molecular weight is 402 g/mol. The van der Waals surface area contributed by atoms with Gasteiger partial charge in [0.15, 0.2) is 5.54 Å². The van der Waals surface area contributed by atoms with Gasteiger partial charge in [0.1, 0.15) is 5.82 Å². The van der Waals surface area contributed by atoms with Crippen LogP contribution in [0.25, 0.3) is 22.0 Å². The minimum atomic E-state index is -1.19. The van der Waals surface area contributed by atoms with E-state index in [2.05, 4.69) is 15.3 Å². The van der Waals surface area contributed by atoms with Crippen molar-refractivity contribution in [1.82, 2.24) is 14.5 Å². The third-order valence-corrected chi connectivity index (χ3v) is 5.89. The molecule has 0 spiro atoms. The Kier molecular flexibility index (Phi) is 3.89. The molecule has 0 saturated heterocycles. The predicted octanol–water partition coefficient (Wildman–Crippen LogP) is 3.88. The maximum atomic E-state index is 14.2. The summed E-state index contributed by atoms with van der Waals surface area (Å²) >= 11 is 0. The van der Waals surface area contributed by atoms with Gasteiger partial charge in [0.2, 0.25) is 5.95 Å². The van der Waals surface area contributed by atoms with Crippen LogP contribution in [0.2, 0.25) is 0 Å². The number of pyridine rings is 1. The first-order valence-electron chi connectivity index (χ1n) is 9.70. The smallest absolute Gasteiger partial charge is 0.258 e. The quantitative estimate of drug-likeness (QED) is 0.546. The molecule has 2 aromatic carbocycles. The van der Waals surface area contributed by atoms with E-state index in [-0.39, 0.29) is 23.2 Å². The Hall–Kier alpha value is -3.74. The molecule has 4 aromatic rings. The van der Waals surface area contributed by atoms with E-state index >= 15 is 0 Å². The molecule has 0 saturated carbocycles. The number of carbonyl (C=O) groups is 1. The summed E-state index contributed by atoms with van der Waals surface area (Å²) in [6.07, 6.45) is 3.30. The van der Waals surface area contributed by atoms with Crippen LogP contribution in [0.1, 0.15) is 19.4 Å². The summed E-state index contributed by atoms with van der Waals surface area (Å²) < 4.78 is 15.9. The highest BCUT2D eigenvalue weighted by Gasteiger charge is 2.52. The Morgan fingerprint density at radius 2 is 1.93 bits per heavy atom. The van der Waals surface area contributed by atoms with Crippen molar-refractivity contribution in [1.29, 1.82) is 0 Å². The first-order valence-corrected chi connectivity index (χ1v) is 9.70. The van der Waals surface area contributed by atoms with E-state index in [1.165, 1.54) is 6.07 Å². The number of carbonyl (C=O) groups excluding carboxylic acids is 1. The number of fused-ring (bicyclic) bond motifs is 2. The maximum Gasteiger partial charge on any atom is 0.258 e. The molecule has 1 aliphatic rings. The molecule has 1 unspecified atom stereocenters. The topological polar surface area (TPSA) is 79.8 Å². The van der Waals surface area contributed by atoms with Crippen LogP contribution in [0.5, 0.6) is 0 Å². The van der Waals surface area contributed by atoms with Crippen LogP contribution in [0.15, 0.2) is 65.7 Å². The summed E-state index contributed by atoms with van der Waals surface area (Å²) in [4.78, 5) is 33.2. The third-order valence-electron chi connectivity index (χ3n) is 5.89. The normalized spacial score (nSPS) is 18.1. The number of halogens is 1. The minimum Gasteiger partial charge on any atom is -0.322 e. The van der Waals surface area contributed by atoms with Crippen molar-refractivity contribution in [2.45, 2.75) is 19.4 Å². The number of anilines is 1. The molecule has 30 heavy (non-hydrogen) atoms. The molecule has 0 radical (unpaired) electrons. The first kappa shape index (κ1) is 18.3. The predicted molar refractivity (Wildman–Crippen MR) is 113 cm³/mol. The molecule has 2 N–H and O–H groups in total. The van der Waals surface area contributed by atoms with E-state index in [1.807, 2.05) is 32.0 Å². The largest absolute Gasteiger partial charge is 0.322 e. The second-order valence-electron chi connectivity index (χ2n) is 7.79. The van der Waals surface area contributed by atoms with Crippen molar-refractivity contribution in [2.24, 2.45) is 5.92 Å². The number of rotatable bonds is 3. The number of nitrogens with zero attached hydrogens (tertiary/aromatic N) is 2. The van der Waals surface area contributed by atoms with Gasteiger partial charge in [0, 0.05) is 23.5 Å². The standard InChI is InChI=1S/C23H19FN4O2/c1-13(2)23(21(30)27-22-25-10-11-28(22)23)17-8-9-19(26-20(17)29)15-7-6-14-4-3-5-18(24)16(14)12-15/h3-13H,1-2H3,(H,26,29)(H,25,27,30).